The van der Waals surface area contributed by atoms with Crippen molar-refractivity contribution in [2.75, 3.05) is 0 Å². The van der Waals surface area contributed by atoms with Gasteiger partial charge < -0.3 is 5.11 Å². The first-order valence-electron chi connectivity index (χ1n) is 4.10. The molecule has 1 N–H and O–H groups in total. The lowest BCUT2D eigenvalue weighted by atomic mass is 9.98. The van der Waals surface area contributed by atoms with Gasteiger partial charge in [0.15, 0.2) is 5.78 Å². The summed E-state index contributed by atoms with van der Waals surface area (Å²) >= 11 is 0. The minimum absolute atomic E-state index is 0.293. The van der Waals surface area contributed by atoms with Crippen molar-refractivity contribution in [1.29, 1.82) is 0 Å². The van der Waals surface area contributed by atoms with Gasteiger partial charge in [-0.15, -0.1) is 0 Å². The van der Waals surface area contributed by atoms with E-state index >= 15 is 0 Å². The van der Waals surface area contributed by atoms with Crippen LogP contribution in [-0.2, 0) is 7.05 Å². The number of nitrogens with zero attached hydrogens (tertiary/aromatic N) is 2. The highest BCUT2D eigenvalue weighted by molar-refractivity contribution is 6.02. The van der Waals surface area contributed by atoms with Gasteiger partial charge in [0.25, 0.3) is 0 Å². The summed E-state index contributed by atoms with van der Waals surface area (Å²) < 4.78 is 1.56. The zero-order chi connectivity index (χ0) is 10.2. The largest absolute Gasteiger partial charge is 0.382 e. The molecular weight excluding hydrogens is 168 g/mol. The lowest BCUT2D eigenvalue weighted by molar-refractivity contribution is 0.0487. The molecule has 0 saturated carbocycles. The van der Waals surface area contributed by atoms with Crippen molar-refractivity contribution in [3.63, 3.8) is 0 Å². The predicted molar refractivity (Wildman–Crippen MR) is 48.6 cm³/mol. The van der Waals surface area contributed by atoms with Crippen LogP contribution >= 0.6 is 0 Å². The molecule has 0 amide bonds. The molecule has 0 atom stereocenters. The summed E-state index contributed by atoms with van der Waals surface area (Å²) in [6.07, 6.45) is 1.62. The Morgan fingerprint density at radius 3 is 2.46 bits per heavy atom. The summed E-state index contributed by atoms with van der Waals surface area (Å²) in [5, 5.41) is 13.5. The van der Waals surface area contributed by atoms with Gasteiger partial charge in [-0.05, 0) is 20.8 Å². The molecule has 0 aliphatic rings. The fourth-order valence-corrected chi connectivity index (χ4v) is 1.15. The Bertz CT molecular complexity index is 334. The number of Topliss-reactive ketones (excluding diaryl/α,β-unsaturated/α-hetero) is 1. The molecule has 0 unspecified atom stereocenters. The molecule has 1 aromatic heterocycles. The van der Waals surface area contributed by atoms with Crippen LogP contribution in [0.1, 0.15) is 29.9 Å². The molecule has 13 heavy (non-hydrogen) atoms. The number of rotatable bonds is 2. The van der Waals surface area contributed by atoms with Crippen LogP contribution in [0.4, 0.5) is 0 Å². The maximum absolute atomic E-state index is 11.6. The van der Waals surface area contributed by atoms with Gasteiger partial charge in [-0.25, -0.2) is 0 Å². The van der Waals surface area contributed by atoms with Crippen molar-refractivity contribution in [3.05, 3.63) is 17.5 Å². The highest BCUT2D eigenvalue weighted by atomic mass is 16.3. The van der Waals surface area contributed by atoms with Crippen molar-refractivity contribution >= 4 is 5.78 Å². The van der Waals surface area contributed by atoms with E-state index in [-0.39, 0.29) is 5.78 Å². The average Bonchev–Trinajstić information content (AvgIpc) is 2.26. The van der Waals surface area contributed by atoms with Crippen LogP contribution < -0.4 is 0 Å². The quantitative estimate of drug-likeness (QED) is 0.684. The second kappa shape index (κ2) is 2.96. The molecule has 0 radical (unpaired) electrons. The van der Waals surface area contributed by atoms with Crippen LogP contribution in [0, 0.1) is 6.92 Å². The Hall–Kier alpha value is -1.16. The van der Waals surface area contributed by atoms with E-state index in [9.17, 15) is 9.90 Å². The van der Waals surface area contributed by atoms with E-state index in [0.29, 0.717) is 11.3 Å². The van der Waals surface area contributed by atoms with Crippen LogP contribution in [0.3, 0.4) is 0 Å². The lowest BCUT2D eigenvalue weighted by Crippen LogP contribution is -2.31. The second-order valence-corrected chi connectivity index (χ2v) is 3.69. The summed E-state index contributed by atoms with van der Waals surface area (Å²) in [5.41, 5.74) is -0.196. The number of hydrogen-bond donors (Lipinski definition) is 1. The lowest BCUT2D eigenvalue weighted by Gasteiger charge is -2.14. The SMILES string of the molecule is Cc1nn(C)cc1C(=O)C(C)(C)O. The number of aromatic nitrogens is 2. The molecule has 0 aliphatic carbocycles. The standard InChI is InChI=1S/C9H14N2O2/c1-6-7(5-11(4)10-6)8(12)9(2,3)13/h5,13H,1-4H3. The van der Waals surface area contributed by atoms with Crippen molar-refractivity contribution in [1.82, 2.24) is 9.78 Å². The minimum atomic E-state index is -1.33. The fraction of sp³-hybridized carbons (Fsp3) is 0.556. The van der Waals surface area contributed by atoms with E-state index in [1.165, 1.54) is 13.8 Å². The molecule has 0 bridgehead atoms. The number of ketones is 1. The number of carbonyl (C=O) groups excluding carboxylic acids is 1. The maximum atomic E-state index is 11.6. The van der Waals surface area contributed by atoms with Gasteiger partial charge >= 0.3 is 0 Å². The molecular formula is C9H14N2O2. The van der Waals surface area contributed by atoms with Crippen molar-refractivity contribution in [2.45, 2.75) is 26.4 Å². The Kier molecular flexibility index (Phi) is 2.26. The summed E-state index contributed by atoms with van der Waals surface area (Å²) in [5.74, 6) is -0.293. The van der Waals surface area contributed by atoms with Crippen LogP contribution in [0.25, 0.3) is 0 Å². The van der Waals surface area contributed by atoms with Gasteiger partial charge in [0.1, 0.15) is 5.60 Å². The van der Waals surface area contributed by atoms with Gasteiger partial charge in [0, 0.05) is 13.2 Å². The molecule has 1 rings (SSSR count). The first-order valence-corrected chi connectivity index (χ1v) is 4.10. The number of aliphatic hydroxyl groups is 1. The Labute approximate surface area is 77.2 Å². The van der Waals surface area contributed by atoms with Gasteiger partial charge in [0.05, 0.1) is 11.3 Å². The zero-order valence-corrected chi connectivity index (χ0v) is 8.33. The fourth-order valence-electron chi connectivity index (χ4n) is 1.15. The Morgan fingerprint density at radius 1 is 1.62 bits per heavy atom. The summed E-state index contributed by atoms with van der Waals surface area (Å²) in [6, 6.07) is 0. The molecule has 72 valence electrons. The molecule has 0 spiro atoms. The predicted octanol–water partition coefficient (Wildman–Crippen LogP) is 0.682. The number of aryl methyl sites for hydroxylation is 2. The highest BCUT2D eigenvalue weighted by Gasteiger charge is 2.27. The van der Waals surface area contributed by atoms with Crippen molar-refractivity contribution < 1.29 is 9.90 Å². The van der Waals surface area contributed by atoms with Crippen LogP contribution in [0.2, 0.25) is 0 Å². The van der Waals surface area contributed by atoms with E-state index in [1.54, 1.807) is 24.9 Å². The molecule has 0 fully saturated rings. The van der Waals surface area contributed by atoms with E-state index in [4.69, 9.17) is 0 Å². The van der Waals surface area contributed by atoms with E-state index in [0.717, 1.165) is 0 Å². The van der Waals surface area contributed by atoms with E-state index < -0.39 is 5.60 Å². The van der Waals surface area contributed by atoms with Crippen molar-refractivity contribution in [2.24, 2.45) is 7.05 Å². The smallest absolute Gasteiger partial charge is 0.197 e. The van der Waals surface area contributed by atoms with Crippen LogP contribution in [0.15, 0.2) is 6.20 Å². The summed E-state index contributed by atoms with van der Waals surface area (Å²) in [6.45, 7) is 4.70. The summed E-state index contributed by atoms with van der Waals surface area (Å²) in [4.78, 5) is 11.6. The molecule has 4 nitrogen and oxygen atoms in total. The third-order valence-corrected chi connectivity index (χ3v) is 1.81. The Morgan fingerprint density at radius 2 is 2.15 bits per heavy atom. The third-order valence-electron chi connectivity index (χ3n) is 1.81. The molecule has 4 heteroatoms. The van der Waals surface area contributed by atoms with Gasteiger partial charge in [-0.3, -0.25) is 9.48 Å². The Balaban J connectivity index is 3.09. The molecule has 0 saturated heterocycles. The first-order chi connectivity index (χ1) is 5.82. The van der Waals surface area contributed by atoms with Crippen molar-refractivity contribution in [3.8, 4) is 0 Å². The molecule has 1 aromatic rings. The van der Waals surface area contributed by atoms with Crippen LogP contribution in [0.5, 0.6) is 0 Å². The normalized spacial score (nSPS) is 11.8. The zero-order valence-electron chi connectivity index (χ0n) is 8.33. The maximum Gasteiger partial charge on any atom is 0.197 e. The topological polar surface area (TPSA) is 55.1 Å². The monoisotopic (exact) mass is 182 g/mol. The molecule has 0 aliphatic heterocycles. The highest BCUT2D eigenvalue weighted by Crippen LogP contribution is 2.14. The first kappa shape index (κ1) is 9.92. The van der Waals surface area contributed by atoms with Gasteiger partial charge in [-0.2, -0.15) is 5.10 Å². The molecule has 0 aromatic carbocycles. The summed E-state index contributed by atoms with van der Waals surface area (Å²) in [7, 11) is 1.74. The number of carbonyl (C=O) groups is 1. The third kappa shape index (κ3) is 1.95. The van der Waals surface area contributed by atoms with Gasteiger partial charge in [-0.1, -0.05) is 0 Å². The van der Waals surface area contributed by atoms with Gasteiger partial charge in [0.2, 0.25) is 0 Å². The van der Waals surface area contributed by atoms with E-state index in [1.807, 2.05) is 0 Å². The van der Waals surface area contributed by atoms with Crippen LogP contribution in [-0.4, -0.2) is 26.3 Å². The second-order valence-electron chi connectivity index (χ2n) is 3.69. The van der Waals surface area contributed by atoms with E-state index in [2.05, 4.69) is 5.10 Å². The minimum Gasteiger partial charge on any atom is -0.382 e. The average molecular weight is 182 g/mol. The number of hydrogen-bond acceptors (Lipinski definition) is 3. The molecule has 1 heterocycles.